The number of nitrogens with zero attached hydrogens (tertiary/aromatic N) is 1. The van der Waals surface area contributed by atoms with E-state index in [1.54, 1.807) is 19.2 Å². The number of carbonyl (C=O) groups is 1. The Morgan fingerprint density at radius 2 is 2.08 bits per heavy atom. The van der Waals surface area contributed by atoms with Gasteiger partial charge in [-0.3, -0.25) is 4.79 Å². The Morgan fingerprint density at radius 1 is 1.32 bits per heavy atom. The fourth-order valence-electron chi connectivity index (χ4n) is 3.01. The molecule has 1 aliphatic heterocycles. The van der Waals surface area contributed by atoms with E-state index in [2.05, 4.69) is 12.2 Å². The number of methoxy groups -OCH3 is 1. The Morgan fingerprint density at radius 3 is 2.76 bits per heavy atom. The highest BCUT2D eigenvalue weighted by Gasteiger charge is 2.23. The van der Waals surface area contributed by atoms with Gasteiger partial charge in [0, 0.05) is 31.3 Å². The molecule has 6 heteroatoms. The highest BCUT2D eigenvalue weighted by atomic mass is 19.1. The van der Waals surface area contributed by atoms with Crippen LogP contribution in [0.15, 0.2) is 18.2 Å². The van der Waals surface area contributed by atoms with Gasteiger partial charge in [0.05, 0.1) is 19.8 Å². The largest absolute Gasteiger partial charge is 0.382 e. The molecule has 1 amide bonds. The number of amides is 1. The third-order valence-corrected chi connectivity index (χ3v) is 4.57. The second kappa shape index (κ2) is 10.5. The minimum Gasteiger partial charge on any atom is -0.382 e. The minimum absolute atomic E-state index is 0.0277. The zero-order valence-electron chi connectivity index (χ0n) is 15.2. The zero-order chi connectivity index (χ0) is 18.1. The Labute approximate surface area is 149 Å². The molecule has 1 aromatic rings. The van der Waals surface area contributed by atoms with Crippen molar-refractivity contribution in [1.82, 2.24) is 10.2 Å². The Kier molecular flexibility index (Phi) is 8.31. The molecule has 5 nitrogen and oxygen atoms in total. The van der Waals surface area contributed by atoms with Gasteiger partial charge in [0.15, 0.2) is 0 Å². The molecule has 0 aliphatic carbocycles. The van der Waals surface area contributed by atoms with E-state index in [1.807, 2.05) is 4.90 Å². The molecule has 140 valence electrons. The maximum atomic E-state index is 13.9. The molecule has 1 aromatic carbocycles. The van der Waals surface area contributed by atoms with Crippen molar-refractivity contribution in [2.24, 2.45) is 5.92 Å². The lowest BCUT2D eigenvalue weighted by molar-refractivity contribution is 0.0602. The summed E-state index contributed by atoms with van der Waals surface area (Å²) >= 11 is 0. The summed E-state index contributed by atoms with van der Waals surface area (Å²) in [5.41, 5.74) is 0.931. The number of ether oxygens (including phenoxy) is 2. The van der Waals surface area contributed by atoms with Gasteiger partial charge < -0.3 is 19.7 Å². The molecule has 0 aromatic heterocycles. The van der Waals surface area contributed by atoms with Crippen LogP contribution in [0.3, 0.4) is 0 Å². The molecule has 1 aliphatic rings. The van der Waals surface area contributed by atoms with E-state index in [1.165, 1.54) is 6.07 Å². The van der Waals surface area contributed by atoms with Gasteiger partial charge in [-0.15, -0.1) is 0 Å². The molecule has 0 bridgehead atoms. The van der Waals surface area contributed by atoms with Crippen LogP contribution in [0.4, 0.5) is 4.39 Å². The number of benzene rings is 1. The molecule has 1 heterocycles. The molecule has 0 unspecified atom stereocenters. The number of piperidine rings is 1. The second-order valence-corrected chi connectivity index (χ2v) is 6.39. The van der Waals surface area contributed by atoms with E-state index in [-0.39, 0.29) is 18.3 Å². The number of carbonyl (C=O) groups excluding carboxylic acids is 1. The first kappa shape index (κ1) is 19.8. The summed E-state index contributed by atoms with van der Waals surface area (Å²) in [7, 11) is 1.59. The highest BCUT2D eigenvalue weighted by Crippen LogP contribution is 2.20. The van der Waals surface area contributed by atoms with Crippen LogP contribution < -0.4 is 5.32 Å². The van der Waals surface area contributed by atoms with Crippen LogP contribution in [0.25, 0.3) is 0 Å². The average molecular weight is 352 g/mol. The van der Waals surface area contributed by atoms with Gasteiger partial charge in [-0.2, -0.15) is 0 Å². The fraction of sp³-hybridized carbons (Fsp3) is 0.632. The summed E-state index contributed by atoms with van der Waals surface area (Å²) in [6, 6.07) is 4.51. The van der Waals surface area contributed by atoms with Gasteiger partial charge in [0.25, 0.3) is 5.91 Å². The van der Waals surface area contributed by atoms with Gasteiger partial charge >= 0.3 is 0 Å². The van der Waals surface area contributed by atoms with Crippen LogP contribution in [-0.2, 0) is 16.1 Å². The van der Waals surface area contributed by atoms with Gasteiger partial charge in [-0.1, -0.05) is 6.92 Å². The first-order valence-electron chi connectivity index (χ1n) is 9.00. The van der Waals surface area contributed by atoms with Crippen LogP contribution in [0.2, 0.25) is 0 Å². The number of hydrogen-bond donors (Lipinski definition) is 1. The van der Waals surface area contributed by atoms with Crippen LogP contribution in [-0.4, -0.2) is 57.3 Å². The van der Waals surface area contributed by atoms with Gasteiger partial charge in [0.1, 0.15) is 5.82 Å². The third-order valence-electron chi connectivity index (χ3n) is 4.57. The second-order valence-electron chi connectivity index (χ2n) is 6.39. The van der Waals surface area contributed by atoms with Crippen molar-refractivity contribution in [2.75, 3.05) is 46.5 Å². The van der Waals surface area contributed by atoms with E-state index in [9.17, 15) is 9.18 Å². The molecule has 0 atom stereocenters. The maximum Gasteiger partial charge on any atom is 0.253 e. The molecular formula is C19H29FN2O3. The van der Waals surface area contributed by atoms with E-state index in [0.717, 1.165) is 39.0 Å². The number of rotatable bonds is 9. The normalized spacial score (nSPS) is 15.6. The first-order chi connectivity index (χ1) is 12.2. The highest BCUT2D eigenvalue weighted by molar-refractivity contribution is 5.94. The van der Waals surface area contributed by atoms with Crippen molar-refractivity contribution < 1.29 is 18.7 Å². The summed E-state index contributed by atoms with van der Waals surface area (Å²) in [4.78, 5) is 14.6. The van der Waals surface area contributed by atoms with Crippen molar-refractivity contribution in [3.05, 3.63) is 35.1 Å². The molecule has 0 radical (unpaired) electrons. The summed E-state index contributed by atoms with van der Waals surface area (Å²) in [5, 5.41) is 3.37. The van der Waals surface area contributed by atoms with E-state index >= 15 is 0 Å². The van der Waals surface area contributed by atoms with Crippen molar-refractivity contribution in [3.8, 4) is 0 Å². The maximum absolute atomic E-state index is 13.9. The molecule has 25 heavy (non-hydrogen) atoms. The predicted octanol–water partition coefficient (Wildman–Crippen LogP) is 2.45. The Hall–Kier alpha value is -1.50. The molecule has 1 N–H and O–H groups in total. The topological polar surface area (TPSA) is 50.8 Å². The Bertz CT molecular complexity index is 545. The molecule has 1 fully saturated rings. The van der Waals surface area contributed by atoms with Crippen molar-refractivity contribution in [1.29, 1.82) is 0 Å². The monoisotopic (exact) mass is 352 g/mol. The lowest BCUT2D eigenvalue weighted by atomic mass is 9.96. The summed E-state index contributed by atoms with van der Waals surface area (Å²) < 4.78 is 24.2. The van der Waals surface area contributed by atoms with E-state index in [4.69, 9.17) is 9.47 Å². The number of likely N-dealkylation sites (tertiary alicyclic amines) is 1. The Balaban J connectivity index is 1.91. The quantitative estimate of drug-likeness (QED) is 0.694. The average Bonchev–Trinajstić information content (AvgIpc) is 2.64. The molecule has 0 saturated carbocycles. The van der Waals surface area contributed by atoms with E-state index in [0.29, 0.717) is 30.3 Å². The van der Waals surface area contributed by atoms with Gasteiger partial charge in [0.2, 0.25) is 0 Å². The van der Waals surface area contributed by atoms with Gasteiger partial charge in [-0.25, -0.2) is 4.39 Å². The van der Waals surface area contributed by atoms with Crippen LogP contribution in [0.5, 0.6) is 0 Å². The van der Waals surface area contributed by atoms with Crippen molar-refractivity contribution >= 4 is 5.91 Å². The summed E-state index contributed by atoms with van der Waals surface area (Å²) in [6.45, 7) is 6.60. The van der Waals surface area contributed by atoms with Crippen LogP contribution in [0, 0.1) is 11.7 Å². The summed E-state index contributed by atoms with van der Waals surface area (Å²) in [5.74, 6) is 0.250. The lowest BCUT2D eigenvalue weighted by Crippen LogP contribution is -2.40. The third kappa shape index (κ3) is 6.06. The smallest absolute Gasteiger partial charge is 0.253 e. The van der Waals surface area contributed by atoms with Crippen molar-refractivity contribution in [2.45, 2.75) is 26.4 Å². The first-order valence-corrected chi connectivity index (χ1v) is 9.00. The standard InChI is InChI=1S/C19H29FN2O3/c1-3-21-13-15-6-8-22(9-7-15)19(23)16-4-5-18(20)17(12-16)14-25-11-10-24-2/h4-5,12,15,21H,3,6-11,13-14H2,1-2H3. The SMILES string of the molecule is CCNCC1CCN(C(=O)c2ccc(F)c(COCCOC)c2)CC1. The van der Waals surface area contributed by atoms with Crippen LogP contribution in [0.1, 0.15) is 35.7 Å². The molecule has 1 saturated heterocycles. The number of hydrogen-bond acceptors (Lipinski definition) is 4. The van der Waals surface area contributed by atoms with E-state index < -0.39 is 0 Å². The van der Waals surface area contributed by atoms with Crippen LogP contribution >= 0.6 is 0 Å². The fourth-order valence-corrected chi connectivity index (χ4v) is 3.01. The summed E-state index contributed by atoms with van der Waals surface area (Å²) in [6.07, 6.45) is 2.01. The molecular weight excluding hydrogens is 323 g/mol. The zero-order valence-corrected chi connectivity index (χ0v) is 15.2. The van der Waals surface area contributed by atoms with Crippen molar-refractivity contribution in [3.63, 3.8) is 0 Å². The minimum atomic E-state index is -0.349. The molecule has 2 rings (SSSR count). The molecule has 0 spiro atoms. The number of halogens is 1. The predicted molar refractivity (Wildman–Crippen MR) is 95.1 cm³/mol. The lowest BCUT2D eigenvalue weighted by Gasteiger charge is -2.32. The number of nitrogens with one attached hydrogen (secondary N) is 1. The van der Waals surface area contributed by atoms with Gasteiger partial charge in [-0.05, 0) is 50.0 Å².